The van der Waals surface area contributed by atoms with Crippen LogP contribution in [0.5, 0.6) is 5.75 Å². The summed E-state index contributed by atoms with van der Waals surface area (Å²) in [7, 11) is 1.61. The van der Waals surface area contributed by atoms with E-state index in [0.29, 0.717) is 19.4 Å². The molecule has 1 amide bonds. The number of halogens is 1. The first-order valence-corrected chi connectivity index (χ1v) is 6.81. The zero-order valence-electron chi connectivity index (χ0n) is 11.9. The van der Waals surface area contributed by atoms with Crippen LogP contribution in [0.1, 0.15) is 17.5 Å². The third-order valence-electron chi connectivity index (χ3n) is 3.18. The van der Waals surface area contributed by atoms with Crippen molar-refractivity contribution in [2.45, 2.75) is 19.4 Å². The summed E-state index contributed by atoms with van der Waals surface area (Å²) >= 11 is 0. The predicted octanol–water partition coefficient (Wildman–Crippen LogP) is 3.08. The van der Waals surface area contributed by atoms with Crippen molar-refractivity contribution in [1.29, 1.82) is 0 Å². The molecule has 0 saturated carbocycles. The molecule has 2 rings (SSSR count). The molecule has 2 aromatic rings. The second-order valence-electron chi connectivity index (χ2n) is 4.75. The van der Waals surface area contributed by atoms with Gasteiger partial charge in [-0.1, -0.05) is 24.3 Å². The first-order chi connectivity index (χ1) is 10.2. The fourth-order valence-corrected chi connectivity index (χ4v) is 1.98. The number of hydrogen-bond donors (Lipinski definition) is 1. The Hall–Kier alpha value is -2.36. The summed E-state index contributed by atoms with van der Waals surface area (Å²) in [6, 6.07) is 13.8. The van der Waals surface area contributed by atoms with Crippen LogP contribution in [0.2, 0.25) is 0 Å². The van der Waals surface area contributed by atoms with Gasteiger partial charge in [0.15, 0.2) is 0 Å². The largest absolute Gasteiger partial charge is 0.497 e. The van der Waals surface area contributed by atoms with Gasteiger partial charge >= 0.3 is 0 Å². The van der Waals surface area contributed by atoms with Crippen molar-refractivity contribution >= 4 is 5.91 Å². The molecule has 21 heavy (non-hydrogen) atoms. The Morgan fingerprint density at radius 1 is 1.14 bits per heavy atom. The SMILES string of the molecule is COc1cccc(CNC(=O)CCc2ccc(F)cc2)c1. The van der Waals surface area contributed by atoms with Crippen LogP contribution in [0.3, 0.4) is 0 Å². The van der Waals surface area contributed by atoms with Crippen LogP contribution in [0, 0.1) is 5.82 Å². The number of hydrogen-bond acceptors (Lipinski definition) is 2. The maximum Gasteiger partial charge on any atom is 0.220 e. The van der Waals surface area contributed by atoms with Gasteiger partial charge in [-0.05, 0) is 41.8 Å². The van der Waals surface area contributed by atoms with Crippen LogP contribution in [0.15, 0.2) is 48.5 Å². The molecule has 110 valence electrons. The van der Waals surface area contributed by atoms with Crippen molar-refractivity contribution in [3.8, 4) is 5.75 Å². The fourth-order valence-electron chi connectivity index (χ4n) is 1.98. The van der Waals surface area contributed by atoms with Gasteiger partial charge in [0.1, 0.15) is 11.6 Å². The van der Waals surface area contributed by atoms with Crippen molar-refractivity contribution in [3.05, 3.63) is 65.5 Å². The van der Waals surface area contributed by atoms with Gasteiger partial charge in [0.05, 0.1) is 7.11 Å². The number of carbonyl (C=O) groups is 1. The smallest absolute Gasteiger partial charge is 0.220 e. The third-order valence-corrected chi connectivity index (χ3v) is 3.18. The number of rotatable bonds is 6. The molecule has 0 heterocycles. The Bertz CT molecular complexity index is 596. The van der Waals surface area contributed by atoms with Crippen LogP contribution in [-0.4, -0.2) is 13.0 Å². The average molecular weight is 287 g/mol. The molecule has 0 spiro atoms. The van der Waals surface area contributed by atoms with Crippen LogP contribution < -0.4 is 10.1 Å². The lowest BCUT2D eigenvalue weighted by atomic mass is 10.1. The summed E-state index contributed by atoms with van der Waals surface area (Å²) in [5, 5.41) is 2.86. The van der Waals surface area contributed by atoms with Crippen molar-refractivity contribution in [2.24, 2.45) is 0 Å². The van der Waals surface area contributed by atoms with Crippen LogP contribution in [0.25, 0.3) is 0 Å². The van der Waals surface area contributed by atoms with E-state index >= 15 is 0 Å². The quantitative estimate of drug-likeness (QED) is 0.886. The lowest BCUT2D eigenvalue weighted by Crippen LogP contribution is -2.22. The first-order valence-electron chi connectivity index (χ1n) is 6.81. The van der Waals surface area contributed by atoms with E-state index in [2.05, 4.69) is 5.32 Å². The fraction of sp³-hybridized carbons (Fsp3) is 0.235. The minimum Gasteiger partial charge on any atom is -0.497 e. The highest BCUT2D eigenvalue weighted by Crippen LogP contribution is 2.12. The number of ether oxygens (including phenoxy) is 1. The number of amides is 1. The minimum absolute atomic E-state index is 0.0258. The summed E-state index contributed by atoms with van der Waals surface area (Å²) in [5.74, 6) is 0.483. The summed E-state index contributed by atoms with van der Waals surface area (Å²) < 4.78 is 17.9. The lowest BCUT2D eigenvalue weighted by molar-refractivity contribution is -0.121. The monoisotopic (exact) mass is 287 g/mol. The van der Waals surface area contributed by atoms with Gasteiger partial charge in [0, 0.05) is 13.0 Å². The molecule has 0 aliphatic heterocycles. The zero-order valence-corrected chi connectivity index (χ0v) is 11.9. The van der Waals surface area contributed by atoms with E-state index in [1.165, 1.54) is 12.1 Å². The second-order valence-corrected chi connectivity index (χ2v) is 4.75. The van der Waals surface area contributed by atoms with E-state index in [9.17, 15) is 9.18 Å². The van der Waals surface area contributed by atoms with E-state index in [1.54, 1.807) is 19.2 Å². The predicted molar refractivity (Wildman–Crippen MR) is 79.6 cm³/mol. The molecule has 0 bridgehead atoms. The van der Waals surface area contributed by atoms with Gasteiger partial charge in [-0.2, -0.15) is 0 Å². The Kier molecular flexibility index (Phi) is 5.32. The molecule has 0 saturated heterocycles. The van der Waals surface area contributed by atoms with Gasteiger partial charge in [0.25, 0.3) is 0 Å². The molecular weight excluding hydrogens is 269 g/mol. The Morgan fingerprint density at radius 3 is 2.62 bits per heavy atom. The van der Waals surface area contributed by atoms with Crippen molar-refractivity contribution in [2.75, 3.05) is 7.11 Å². The van der Waals surface area contributed by atoms with Crippen LogP contribution >= 0.6 is 0 Å². The van der Waals surface area contributed by atoms with Crippen LogP contribution in [0.4, 0.5) is 4.39 Å². The van der Waals surface area contributed by atoms with E-state index in [4.69, 9.17) is 4.74 Å². The van der Waals surface area contributed by atoms with Gasteiger partial charge in [0.2, 0.25) is 5.91 Å². The molecule has 0 aromatic heterocycles. The summed E-state index contributed by atoms with van der Waals surface area (Å²) in [6.45, 7) is 0.472. The number of methoxy groups -OCH3 is 1. The summed E-state index contributed by atoms with van der Waals surface area (Å²) in [5.41, 5.74) is 1.94. The highest BCUT2D eigenvalue weighted by Gasteiger charge is 2.03. The maximum atomic E-state index is 12.8. The summed E-state index contributed by atoms with van der Waals surface area (Å²) in [6.07, 6.45) is 0.986. The minimum atomic E-state index is -0.263. The standard InChI is InChI=1S/C17H18FNO2/c1-21-16-4-2-3-14(11-16)12-19-17(20)10-7-13-5-8-15(18)9-6-13/h2-6,8-9,11H,7,10,12H2,1H3,(H,19,20). The first kappa shape index (κ1) is 15.0. The molecule has 0 aliphatic rings. The van der Waals surface area contributed by atoms with Crippen molar-refractivity contribution in [3.63, 3.8) is 0 Å². The highest BCUT2D eigenvalue weighted by molar-refractivity contribution is 5.76. The van der Waals surface area contributed by atoms with E-state index in [1.807, 2.05) is 24.3 Å². The summed E-state index contributed by atoms with van der Waals surface area (Å²) in [4.78, 5) is 11.8. The Labute approximate surface area is 123 Å². The maximum absolute atomic E-state index is 12.8. The molecule has 4 heteroatoms. The van der Waals surface area contributed by atoms with Crippen molar-refractivity contribution in [1.82, 2.24) is 5.32 Å². The number of aryl methyl sites for hydroxylation is 1. The topological polar surface area (TPSA) is 38.3 Å². The van der Waals surface area contributed by atoms with Gasteiger partial charge < -0.3 is 10.1 Å². The average Bonchev–Trinajstić information content (AvgIpc) is 2.52. The number of benzene rings is 2. The molecule has 0 atom stereocenters. The van der Waals surface area contributed by atoms with Crippen LogP contribution in [-0.2, 0) is 17.8 Å². The van der Waals surface area contributed by atoms with E-state index in [0.717, 1.165) is 16.9 Å². The molecule has 0 radical (unpaired) electrons. The molecule has 2 aromatic carbocycles. The molecule has 0 aliphatic carbocycles. The third kappa shape index (κ3) is 4.91. The second kappa shape index (κ2) is 7.43. The van der Waals surface area contributed by atoms with Crippen molar-refractivity contribution < 1.29 is 13.9 Å². The molecule has 3 nitrogen and oxygen atoms in total. The lowest BCUT2D eigenvalue weighted by Gasteiger charge is -2.07. The molecular formula is C17H18FNO2. The molecule has 0 unspecified atom stereocenters. The molecule has 1 N–H and O–H groups in total. The number of carbonyl (C=O) groups excluding carboxylic acids is 1. The zero-order chi connectivity index (χ0) is 15.1. The number of nitrogens with one attached hydrogen (secondary N) is 1. The highest BCUT2D eigenvalue weighted by atomic mass is 19.1. The Morgan fingerprint density at radius 2 is 1.90 bits per heavy atom. The Balaban J connectivity index is 1.78. The van der Waals surface area contributed by atoms with Gasteiger partial charge in [-0.25, -0.2) is 4.39 Å². The van der Waals surface area contributed by atoms with E-state index in [-0.39, 0.29) is 11.7 Å². The van der Waals surface area contributed by atoms with Gasteiger partial charge in [-0.3, -0.25) is 4.79 Å². The van der Waals surface area contributed by atoms with Gasteiger partial charge in [-0.15, -0.1) is 0 Å². The molecule has 0 fully saturated rings. The van der Waals surface area contributed by atoms with E-state index < -0.39 is 0 Å². The normalized spacial score (nSPS) is 10.2.